The number of furan rings is 1. The van der Waals surface area contributed by atoms with Crippen LogP contribution in [0.5, 0.6) is 0 Å². The fraction of sp³-hybridized carbons (Fsp3) is 0.125. The highest BCUT2D eigenvalue weighted by Gasteiger charge is 2.12. The number of pyridine rings is 1. The lowest BCUT2D eigenvalue weighted by molar-refractivity contribution is -0.116. The van der Waals surface area contributed by atoms with Crippen LogP contribution < -0.4 is 10.6 Å². The van der Waals surface area contributed by atoms with Crippen LogP contribution in [0.25, 0.3) is 10.6 Å². The van der Waals surface area contributed by atoms with Gasteiger partial charge in [-0.2, -0.15) is 0 Å². The minimum atomic E-state index is -0.308. The maximum absolute atomic E-state index is 12.0. The normalized spacial score (nSPS) is 10.3. The highest BCUT2D eigenvalue weighted by Crippen LogP contribution is 2.23. The lowest BCUT2D eigenvalue weighted by atomic mass is 10.3. The van der Waals surface area contributed by atoms with Crippen molar-refractivity contribution in [3.05, 3.63) is 54.2 Å². The van der Waals surface area contributed by atoms with E-state index in [1.807, 2.05) is 0 Å². The number of nitrogens with zero attached hydrogens (tertiary/aromatic N) is 2. The minimum Gasteiger partial charge on any atom is -0.472 e. The average Bonchev–Trinajstić information content (AvgIpc) is 3.27. The molecule has 8 heteroatoms. The van der Waals surface area contributed by atoms with E-state index in [-0.39, 0.29) is 24.8 Å². The summed E-state index contributed by atoms with van der Waals surface area (Å²) in [5.41, 5.74) is 1.83. The van der Waals surface area contributed by atoms with Crippen LogP contribution in [0, 0.1) is 0 Å². The highest BCUT2D eigenvalue weighted by molar-refractivity contribution is 7.13. The molecule has 0 saturated carbocycles. The quantitative estimate of drug-likeness (QED) is 0.717. The molecule has 0 bridgehead atoms. The first-order valence-electron chi connectivity index (χ1n) is 7.18. The van der Waals surface area contributed by atoms with Crippen molar-refractivity contribution in [2.75, 3.05) is 11.9 Å². The Balaban J connectivity index is 1.46. The van der Waals surface area contributed by atoms with E-state index in [1.54, 1.807) is 48.5 Å². The van der Waals surface area contributed by atoms with Crippen molar-refractivity contribution in [2.24, 2.45) is 0 Å². The lowest BCUT2D eigenvalue weighted by Gasteiger charge is -2.05. The van der Waals surface area contributed by atoms with Crippen LogP contribution in [-0.2, 0) is 4.79 Å². The standard InChI is InChI=1S/C16H14N4O3S/c21-14(19-12-1-5-17-6-2-12)3-7-18-15(22)13-10-24-16(20-13)11-4-8-23-9-11/h1-2,4-6,8-10H,3,7H2,(H,18,22)(H,17,19,21). The summed E-state index contributed by atoms with van der Waals surface area (Å²) in [6, 6.07) is 5.18. The zero-order valence-electron chi connectivity index (χ0n) is 12.6. The number of amides is 2. The van der Waals surface area contributed by atoms with E-state index in [2.05, 4.69) is 20.6 Å². The van der Waals surface area contributed by atoms with E-state index < -0.39 is 0 Å². The third-order valence-electron chi connectivity index (χ3n) is 3.11. The first kappa shape index (κ1) is 15.9. The topological polar surface area (TPSA) is 97.1 Å². The molecule has 0 aliphatic carbocycles. The predicted octanol–water partition coefficient (Wildman–Crippen LogP) is 2.56. The molecule has 3 heterocycles. The summed E-state index contributed by atoms with van der Waals surface area (Å²) in [5, 5.41) is 7.79. The molecule has 3 aromatic rings. The molecule has 122 valence electrons. The largest absolute Gasteiger partial charge is 0.472 e. The Bertz CT molecular complexity index is 815. The van der Waals surface area contributed by atoms with Gasteiger partial charge in [0.05, 0.1) is 6.26 Å². The second-order valence-electron chi connectivity index (χ2n) is 4.84. The summed E-state index contributed by atoms with van der Waals surface area (Å²) in [5.74, 6) is -0.489. The summed E-state index contributed by atoms with van der Waals surface area (Å²) in [6.07, 6.45) is 6.49. The Labute approximate surface area is 141 Å². The second-order valence-corrected chi connectivity index (χ2v) is 5.70. The molecule has 0 atom stereocenters. The van der Waals surface area contributed by atoms with E-state index in [1.165, 1.54) is 11.3 Å². The van der Waals surface area contributed by atoms with Gasteiger partial charge in [0.25, 0.3) is 5.91 Å². The fourth-order valence-corrected chi connectivity index (χ4v) is 2.72. The smallest absolute Gasteiger partial charge is 0.270 e. The molecule has 2 N–H and O–H groups in total. The van der Waals surface area contributed by atoms with Gasteiger partial charge < -0.3 is 15.1 Å². The summed E-state index contributed by atoms with van der Waals surface area (Å²) >= 11 is 1.36. The van der Waals surface area contributed by atoms with Crippen molar-refractivity contribution < 1.29 is 14.0 Å². The third kappa shape index (κ3) is 4.05. The van der Waals surface area contributed by atoms with Crippen LogP contribution in [0.15, 0.2) is 52.9 Å². The van der Waals surface area contributed by atoms with Gasteiger partial charge >= 0.3 is 0 Å². The number of hydrogen-bond donors (Lipinski definition) is 2. The van der Waals surface area contributed by atoms with Gasteiger partial charge in [-0.05, 0) is 18.2 Å². The van der Waals surface area contributed by atoms with Crippen LogP contribution >= 0.6 is 11.3 Å². The van der Waals surface area contributed by atoms with Gasteiger partial charge in [0.1, 0.15) is 17.0 Å². The van der Waals surface area contributed by atoms with Crippen molar-refractivity contribution in [1.82, 2.24) is 15.3 Å². The van der Waals surface area contributed by atoms with Crippen LogP contribution in [0.3, 0.4) is 0 Å². The van der Waals surface area contributed by atoms with Crippen LogP contribution in [0.2, 0.25) is 0 Å². The number of carbonyl (C=O) groups is 2. The summed E-state index contributed by atoms with van der Waals surface area (Å²) < 4.78 is 5.00. The minimum absolute atomic E-state index is 0.173. The molecule has 0 fully saturated rings. The van der Waals surface area contributed by atoms with Gasteiger partial charge in [0.2, 0.25) is 5.91 Å². The summed E-state index contributed by atoms with van der Waals surface area (Å²) in [4.78, 5) is 31.9. The molecule has 24 heavy (non-hydrogen) atoms. The van der Waals surface area contributed by atoms with Crippen molar-refractivity contribution in [3.8, 4) is 10.6 Å². The summed E-state index contributed by atoms with van der Waals surface area (Å²) in [6.45, 7) is 0.230. The number of rotatable bonds is 6. The van der Waals surface area contributed by atoms with Gasteiger partial charge in [0, 0.05) is 42.0 Å². The van der Waals surface area contributed by atoms with Gasteiger partial charge in [-0.25, -0.2) is 4.98 Å². The van der Waals surface area contributed by atoms with Gasteiger partial charge in [-0.15, -0.1) is 11.3 Å². The number of nitrogens with one attached hydrogen (secondary N) is 2. The Hall–Kier alpha value is -3.00. The van der Waals surface area contributed by atoms with E-state index >= 15 is 0 Å². The molecule has 2 amide bonds. The number of hydrogen-bond acceptors (Lipinski definition) is 6. The van der Waals surface area contributed by atoms with E-state index in [0.717, 1.165) is 5.56 Å². The number of carbonyl (C=O) groups excluding carboxylic acids is 2. The first-order valence-corrected chi connectivity index (χ1v) is 8.06. The zero-order valence-corrected chi connectivity index (χ0v) is 13.4. The number of anilines is 1. The van der Waals surface area contributed by atoms with Gasteiger partial charge in [-0.3, -0.25) is 14.6 Å². The number of thiazole rings is 1. The van der Waals surface area contributed by atoms with Crippen molar-refractivity contribution >= 4 is 28.8 Å². The van der Waals surface area contributed by atoms with Crippen LogP contribution in [-0.4, -0.2) is 28.3 Å². The highest BCUT2D eigenvalue weighted by atomic mass is 32.1. The maximum atomic E-state index is 12.0. The molecule has 0 radical (unpaired) electrons. The van der Waals surface area contributed by atoms with Crippen LogP contribution in [0.4, 0.5) is 5.69 Å². The fourth-order valence-electron chi connectivity index (χ4n) is 1.94. The molecule has 7 nitrogen and oxygen atoms in total. The molecule has 0 saturated heterocycles. The SMILES string of the molecule is O=C(CCNC(=O)c1csc(-c2ccoc2)n1)Nc1ccncc1. The monoisotopic (exact) mass is 342 g/mol. The van der Waals surface area contributed by atoms with E-state index in [4.69, 9.17) is 4.42 Å². The Morgan fingerprint density at radius 2 is 2.04 bits per heavy atom. The van der Waals surface area contributed by atoms with Gasteiger partial charge in [0.15, 0.2) is 0 Å². The summed E-state index contributed by atoms with van der Waals surface area (Å²) in [7, 11) is 0. The molecular weight excluding hydrogens is 328 g/mol. The molecular formula is C16H14N4O3S. The average molecular weight is 342 g/mol. The molecule has 0 aliphatic rings. The number of aromatic nitrogens is 2. The van der Waals surface area contributed by atoms with E-state index in [9.17, 15) is 9.59 Å². The second kappa shape index (κ2) is 7.51. The van der Waals surface area contributed by atoms with Crippen LogP contribution in [0.1, 0.15) is 16.9 Å². The molecule has 0 aliphatic heterocycles. The molecule has 0 aromatic carbocycles. The first-order chi connectivity index (χ1) is 11.7. The third-order valence-corrected chi connectivity index (χ3v) is 4.00. The maximum Gasteiger partial charge on any atom is 0.270 e. The predicted molar refractivity (Wildman–Crippen MR) is 89.6 cm³/mol. The lowest BCUT2D eigenvalue weighted by Crippen LogP contribution is -2.27. The Morgan fingerprint density at radius 1 is 1.21 bits per heavy atom. The van der Waals surface area contributed by atoms with Gasteiger partial charge in [-0.1, -0.05) is 0 Å². The molecule has 0 unspecified atom stereocenters. The van der Waals surface area contributed by atoms with E-state index in [0.29, 0.717) is 16.4 Å². The van der Waals surface area contributed by atoms with Crippen molar-refractivity contribution in [3.63, 3.8) is 0 Å². The Morgan fingerprint density at radius 3 is 2.79 bits per heavy atom. The molecule has 0 spiro atoms. The zero-order chi connectivity index (χ0) is 16.8. The van der Waals surface area contributed by atoms with Crippen molar-refractivity contribution in [2.45, 2.75) is 6.42 Å². The molecule has 3 aromatic heterocycles. The van der Waals surface area contributed by atoms with Crippen molar-refractivity contribution in [1.29, 1.82) is 0 Å². The Kier molecular flexibility index (Phi) is 4.97. The molecule has 3 rings (SSSR count).